The molecule has 0 fully saturated rings. The molecular weight excluding hydrogens is 288 g/mol. The Labute approximate surface area is 137 Å². The molecule has 0 heterocycles. The molecule has 1 unspecified atom stereocenters. The molecule has 1 atom stereocenters. The van der Waals surface area contributed by atoms with Gasteiger partial charge in [-0.1, -0.05) is 57.2 Å². The van der Waals surface area contributed by atoms with E-state index in [0.29, 0.717) is 0 Å². The van der Waals surface area contributed by atoms with Gasteiger partial charge in [0.15, 0.2) is 0 Å². The summed E-state index contributed by atoms with van der Waals surface area (Å²) < 4.78 is 0. The second kappa shape index (κ2) is 6.82. The molecule has 4 nitrogen and oxygen atoms in total. The molecule has 122 valence electrons. The topological polar surface area (TPSA) is 58.2 Å². The summed E-state index contributed by atoms with van der Waals surface area (Å²) in [4.78, 5) is 23.8. The molecule has 2 aromatic carbocycles. The third-order valence-electron chi connectivity index (χ3n) is 3.74. The van der Waals surface area contributed by atoms with E-state index in [4.69, 9.17) is 0 Å². The van der Waals surface area contributed by atoms with Crippen LogP contribution in [0.4, 0.5) is 0 Å². The van der Waals surface area contributed by atoms with Gasteiger partial charge in [-0.25, -0.2) is 0 Å². The molecule has 2 rings (SSSR count). The van der Waals surface area contributed by atoms with Gasteiger partial charge in [0, 0.05) is 5.41 Å². The monoisotopic (exact) mass is 312 g/mol. The lowest BCUT2D eigenvalue weighted by Gasteiger charge is -2.19. The van der Waals surface area contributed by atoms with Gasteiger partial charge in [-0.2, -0.15) is 0 Å². The molecule has 4 heteroatoms. The number of hydrogen-bond donors (Lipinski definition) is 2. The minimum absolute atomic E-state index is 0.00593. The molecular formula is C19H24N2O2. The van der Waals surface area contributed by atoms with Gasteiger partial charge in [0.1, 0.15) is 0 Å². The first kappa shape index (κ1) is 17.0. The summed E-state index contributed by atoms with van der Waals surface area (Å²) in [7, 11) is 0. The summed E-state index contributed by atoms with van der Waals surface area (Å²) in [5, 5.41) is 7.89. The van der Waals surface area contributed by atoms with Crippen LogP contribution in [0.5, 0.6) is 0 Å². The van der Waals surface area contributed by atoms with Gasteiger partial charge < -0.3 is 10.6 Å². The van der Waals surface area contributed by atoms with Gasteiger partial charge in [-0.15, -0.1) is 0 Å². The molecule has 2 amide bonds. The van der Waals surface area contributed by atoms with Crippen LogP contribution in [-0.2, 0) is 9.59 Å². The Morgan fingerprint density at radius 2 is 1.70 bits per heavy atom. The van der Waals surface area contributed by atoms with Crippen LogP contribution in [0.3, 0.4) is 0 Å². The molecule has 0 aliphatic carbocycles. The fourth-order valence-corrected chi connectivity index (χ4v) is 2.28. The average Bonchev–Trinajstić information content (AvgIpc) is 2.51. The molecule has 0 aromatic heterocycles. The molecule has 0 bridgehead atoms. The molecule has 0 spiro atoms. The number of benzene rings is 2. The molecule has 0 saturated carbocycles. The maximum absolute atomic E-state index is 12.0. The van der Waals surface area contributed by atoms with Crippen molar-refractivity contribution >= 4 is 22.6 Å². The normalized spacial score (nSPS) is 12.7. The highest BCUT2D eigenvalue weighted by molar-refractivity contribution is 5.87. The third-order valence-corrected chi connectivity index (χ3v) is 3.74. The minimum atomic E-state index is -0.496. The van der Waals surface area contributed by atoms with Crippen LogP contribution in [0.15, 0.2) is 42.5 Å². The standard InChI is InChI=1S/C19H24N2O2/c1-13(21-17(22)12-20-18(23)19(2,3)4)15-10-9-14-7-5-6-8-16(14)11-15/h5-11,13H,12H2,1-4H3,(H,20,23)(H,21,22). The van der Waals surface area contributed by atoms with Crippen LogP contribution < -0.4 is 10.6 Å². The Morgan fingerprint density at radius 1 is 1.04 bits per heavy atom. The predicted octanol–water partition coefficient (Wildman–Crippen LogP) is 3.18. The number of fused-ring (bicyclic) bond motifs is 1. The van der Waals surface area contributed by atoms with Crippen molar-refractivity contribution in [2.24, 2.45) is 5.41 Å². The predicted molar refractivity (Wildman–Crippen MR) is 93.0 cm³/mol. The van der Waals surface area contributed by atoms with Gasteiger partial charge in [-0.05, 0) is 29.3 Å². The first-order valence-electron chi connectivity index (χ1n) is 7.84. The van der Waals surface area contributed by atoms with Crippen molar-refractivity contribution in [1.82, 2.24) is 10.6 Å². The fraction of sp³-hybridized carbons (Fsp3) is 0.368. The highest BCUT2D eigenvalue weighted by Gasteiger charge is 2.21. The van der Waals surface area contributed by atoms with Gasteiger partial charge in [0.25, 0.3) is 0 Å². The molecule has 0 aliphatic heterocycles. The quantitative estimate of drug-likeness (QED) is 0.911. The molecule has 2 aromatic rings. The van der Waals surface area contributed by atoms with E-state index < -0.39 is 5.41 Å². The Balaban J connectivity index is 1.96. The van der Waals surface area contributed by atoms with Crippen LogP contribution in [-0.4, -0.2) is 18.4 Å². The number of amides is 2. The zero-order valence-corrected chi connectivity index (χ0v) is 14.1. The minimum Gasteiger partial charge on any atom is -0.348 e. The highest BCUT2D eigenvalue weighted by atomic mass is 16.2. The molecule has 0 aliphatic rings. The summed E-state index contributed by atoms with van der Waals surface area (Å²) in [5.74, 6) is -0.325. The Morgan fingerprint density at radius 3 is 2.35 bits per heavy atom. The van der Waals surface area contributed by atoms with E-state index in [-0.39, 0.29) is 24.4 Å². The Bertz CT molecular complexity index is 717. The van der Waals surface area contributed by atoms with Gasteiger partial charge in [0.05, 0.1) is 12.6 Å². The molecule has 23 heavy (non-hydrogen) atoms. The SMILES string of the molecule is CC(NC(=O)CNC(=O)C(C)(C)C)c1ccc2ccccc2c1. The lowest BCUT2D eigenvalue weighted by molar-refractivity contribution is -0.131. The number of carbonyl (C=O) groups is 2. The van der Waals surface area contributed by atoms with E-state index in [0.717, 1.165) is 10.9 Å². The van der Waals surface area contributed by atoms with E-state index in [1.54, 1.807) is 0 Å². The van der Waals surface area contributed by atoms with Crippen molar-refractivity contribution in [3.63, 3.8) is 0 Å². The molecule has 2 N–H and O–H groups in total. The van der Waals surface area contributed by atoms with E-state index >= 15 is 0 Å². The fourth-order valence-electron chi connectivity index (χ4n) is 2.28. The van der Waals surface area contributed by atoms with Crippen LogP contribution in [0, 0.1) is 5.41 Å². The van der Waals surface area contributed by atoms with E-state index in [1.807, 2.05) is 45.9 Å². The van der Waals surface area contributed by atoms with Crippen LogP contribution >= 0.6 is 0 Å². The maximum atomic E-state index is 12.0. The van der Waals surface area contributed by atoms with Crippen LogP contribution in [0.1, 0.15) is 39.3 Å². The van der Waals surface area contributed by atoms with Crippen molar-refractivity contribution in [3.05, 3.63) is 48.0 Å². The van der Waals surface area contributed by atoms with Crippen LogP contribution in [0.2, 0.25) is 0 Å². The second-order valence-corrected chi connectivity index (χ2v) is 6.83. The average molecular weight is 312 g/mol. The van der Waals surface area contributed by atoms with Gasteiger partial charge >= 0.3 is 0 Å². The second-order valence-electron chi connectivity index (χ2n) is 6.83. The Kier molecular flexibility index (Phi) is 5.04. The maximum Gasteiger partial charge on any atom is 0.239 e. The van der Waals surface area contributed by atoms with Crippen molar-refractivity contribution in [2.45, 2.75) is 33.7 Å². The van der Waals surface area contributed by atoms with Crippen LogP contribution in [0.25, 0.3) is 10.8 Å². The number of rotatable bonds is 4. The first-order valence-corrected chi connectivity index (χ1v) is 7.84. The third kappa shape index (κ3) is 4.55. The van der Waals surface area contributed by atoms with Gasteiger partial charge in [-0.3, -0.25) is 9.59 Å². The van der Waals surface area contributed by atoms with Crippen molar-refractivity contribution in [3.8, 4) is 0 Å². The summed E-state index contributed by atoms with van der Waals surface area (Å²) in [6.45, 7) is 7.38. The summed E-state index contributed by atoms with van der Waals surface area (Å²) >= 11 is 0. The van der Waals surface area contributed by atoms with Crippen molar-refractivity contribution < 1.29 is 9.59 Å². The van der Waals surface area contributed by atoms with E-state index in [9.17, 15) is 9.59 Å². The number of nitrogens with one attached hydrogen (secondary N) is 2. The summed E-state index contributed by atoms with van der Waals surface area (Å²) in [6, 6.07) is 14.1. The van der Waals surface area contributed by atoms with E-state index in [1.165, 1.54) is 5.39 Å². The smallest absolute Gasteiger partial charge is 0.239 e. The number of carbonyl (C=O) groups excluding carboxylic acids is 2. The highest BCUT2D eigenvalue weighted by Crippen LogP contribution is 2.20. The zero-order chi connectivity index (χ0) is 17.0. The van der Waals surface area contributed by atoms with Crippen molar-refractivity contribution in [2.75, 3.05) is 6.54 Å². The summed E-state index contributed by atoms with van der Waals surface area (Å²) in [5.41, 5.74) is 0.545. The molecule has 0 radical (unpaired) electrons. The lowest BCUT2D eigenvalue weighted by atomic mass is 9.96. The first-order chi connectivity index (χ1) is 10.8. The largest absolute Gasteiger partial charge is 0.348 e. The Hall–Kier alpha value is -2.36. The lowest BCUT2D eigenvalue weighted by Crippen LogP contribution is -2.42. The zero-order valence-electron chi connectivity index (χ0n) is 14.1. The van der Waals surface area contributed by atoms with Crippen molar-refractivity contribution in [1.29, 1.82) is 0 Å². The van der Waals surface area contributed by atoms with Gasteiger partial charge in [0.2, 0.25) is 11.8 Å². The summed E-state index contributed by atoms with van der Waals surface area (Å²) in [6.07, 6.45) is 0. The number of hydrogen-bond acceptors (Lipinski definition) is 2. The molecule has 0 saturated heterocycles. The van der Waals surface area contributed by atoms with E-state index in [2.05, 4.69) is 34.9 Å².